The number of rotatable bonds is 5. The van der Waals surface area contributed by atoms with Crippen LogP contribution in [0.25, 0.3) is 0 Å². The van der Waals surface area contributed by atoms with Crippen molar-refractivity contribution in [1.82, 2.24) is 10.3 Å². The minimum Gasteiger partial charge on any atom is -0.493 e. The number of hydrogen-bond donors (Lipinski definition) is 2. The molecule has 2 aromatic rings. The first kappa shape index (κ1) is 16.2. The van der Waals surface area contributed by atoms with Crippen LogP contribution in [-0.2, 0) is 0 Å². The Morgan fingerprint density at radius 3 is 2.73 bits per heavy atom. The van der Waals surface area contributed by atoms with E-state index in [1.807, 2.05) is 24.3 Å². The van der Waals surface area contributed by atoms with E-state index < -0.39 is 0 Å². The zero-order valence-electron chi connectivity index (χ0n) is 13.1. The maximum absolute atomic E-state index is 5.41. The van der Waals surface area contributed by atoms with Crippen LogP contribution in [0.2, 0.25) is 0 Å². The number of ether oxygens (including phenoxy) is 1. The van der Waals surface area contributed by atoms with Crippen LogP contribution >= 0.6 is 12.2 Å². The summed E-state index contributed by atoms with van der Waals surface area (Å²) in [6, 6.07) is 12.2. The lowest BCUT2D eigenvalue weighted by atomic mass is 10.00. The van der Waals surface area contributed by atoms with Gasteiger partial charge in [0, 0.05) is 6.20 Å². The van der Waals surface area contributed by atoms with Gasteiger partial charge in [0.25, 0.3) is 0 Å². The Labute approximate surface area is 136 Å². The average Bonchev–Trinajstić information content (AvgIpc) is 2.54. The second-order valence-electron chi connectivity index (χ2n) is 4.97. The van der Waals surface area contributed by atoms with Crippen molar-refractivity contribution in [2.75, 3.05) is 12.4 Å². The molecule has 1 aromatic heterocycles. The summed E-state index contributed by atoms with van der Waals surface area (Å²) in [5.41, 5.74) is 2.50. The first-order valence-corrected chi connectivity index (χ1v) is 7.68. The van der Waals surface area contributed by atoms with Gasteiger partial charge in [-0.05, 0) is 48.8 Å². The van der Waals surface area contributed by atoms with Gasteiger partial charge in [0.2, 0.25) is 0 Å². The maximum atomic E-state index is 5.41. The number of pyridine rings is 1. The number of anilines is 1. The lowest BCUT2D eigenvalue weighted by molar-refractivity contribution is 0.415. The highest BCUT2D eigenvalue weighted by Crippen LogP contribution is 2.22. The molecule has 4 nitrogen and oxygen atoms in total. The molecule has 0 amide bonds. The third-order valence-corrected chi connectivity index (χ3v) is 3.72. The highest BCUT2D eigenvalue weighted by Gasteiger charge is 2.13. The number of hydrogen-bond acceptors (Lipinski definition) is 3. The molecule has 0 aliphatic heterocycles. The number of nitrogens with one attached hydrogen (secondary N) is 2. The summed E-state index contributed by atoms with van der Waals surface area (Å²) in [5, 5.41) is 6.98. The van der Waals surface area contributed by atoms with Crippen molar-refractivity contribution in [3.8, 4) is 5.75 Å². The van der Waals surface area contributed by atoms with Crippen molar-refractivity contribution in [3.63, 3.8) is 0 Å². The minimum absolute atomic E-state index is 0.163. The third kappa shape index (κ3) is 3.95. The molecule has 0 spiro atoms. The molecule has 0 bridgehead atoms. The van der Waals surface area contributed by atoms with Crippen molar-refractivity contribution in [3.05, 3.63) is 53.7 Å². The van der Waals surface area contributed by atoms with E-state index in [0.717, 1.165) is 6.42 Å². The van der Waals surface area contributed by atoms with Crippen LogP contribution in [0.4, 0.5) is 5.82 Å². The molecule has 1 unspecified atom stereocenters. The van der Waals surface area contributed by atoms with Gasteiger partial charge in [-0.25, -0.2) is 4.98 Å². The lowest BCUT2D eigenvalue weighted by Crippen LogP contribution is -2.32. The molecule has 2 rings (SSSR count). The molecule has 1 atom stereocenters. The van der Waals surface area contributed by atoms with Gasteiger partial charge in [0.15, 0.2) is 16.7 Å². The Hall–Kier alpha value is -2.14. The van der Waals surface area contributed by atoms with Crippen LogP contribution in [0.1, 0.15) is 30.5 Å². The Balaban J connectivity index is 2.08. The van der Waals surface area contributed by atoms with Gasteiger partial charge < -0.3 is 15.4 Å². The van der Waals surface area contributed by atoms with Crippen LogP contribution in [0.5, 0.6) is 5.75 Å². The highest BCUT2D eigenvalue weighted by atomic mass is 32.1. The Morgan fingerprint density at radius 2 is 2.05 bits per heavy atom. The molecule has 0 saturated carbocycles. The van der Waals surface area contributed by atoms with Crippen molar-refractivity contribution >= 4 is 23.1 Å². The molecule has 0 saturated heterocycles. The first-order chi connectivity index (χ1) is 10.7. The van der Waals surface area contributed by atoms with E-state index in [9.17, 15) is 0 Å². The zero-order valence-corrected chi connectivity index (χ0v) is 13.9. The Morgan fingerprint density at radius 1 is 1.27 bits per heavy atom. The standard InChI is InChI=1S/C17H21N3OS/c1-4-14(13-9-6-5-8-12(13)2)19-17(22)20-16-15(21-3)10-7-11-18-16/h5-11,14H,4H2,1-3H3,(H2,18,19,20,22). The van der Waals surface area contributed by atoms with E-state index in [1.165, 1.54) is 11.1 Å². The van der Waals surface area contributed by atoms with Gasteiger partial charge in [0.05, 0.1) is 13.2 Å². The van der Waals surface area contributed by atoms with Gasteiger partial charge in [0.1, 0.15) is 0 Å². The van der Waals surface area contributed by atoms with Crippen LogP contribution in [-0.4, -0.2) is 17.2 Å². The number of aromatic nitrogens is 1. The summed E-state index contributed by atoms with van der Waals surface area (Å²) < 4.78 is 5.27. The fourth-order valence-electron chi connectivity index (χ4n) is 2.33. The molecule has 0 fully saturated rings. The zero-order chi connectivity index (χ0) is 15.9. The lowest BCUT2D eigenvalue weighted by Gasteiger charge is -2.21. The fourth-order valence-corrected chi connectivity index (χ4v) is 2.57. The molecule has 22 heavy (non-hydrogen) atoms. The van der Waals surface area contributed by atoms with Gasteiger partial charge in [-0.3, -0.25) is 0 Å². The summed E-state index contributed by atoms with van der Waals surface area (Å²) in [6.07, 6.45) is 2.64. The predicted octanol–water partition coefficient (Wildman–Crippen LogP) is 3.84. The normalized spacial score (nSPS) is 11.6. The molecule has 0 radical (unpaired) electrons. The van der Waals surface area contributed by atoms with Crippen molar-refractivity contribution < 1.29 is 4.74 Å². The second-order valence-corrected chi connectivity index (χ2v) is 5.38. The van der Waals surface area contributed by atoms with Crippen molar-refractivity contribution in [1.29, 1.82) is 0 Å². The van der Waals surface area contributed by atoms with Gasteiger partial charge in [-0.15, -0.1) is 0 Å². The maximum Gasteiger partial charge on any atom is 0.174 e. The summed E-state index contributed by atoms with van der Waals surface area (Å²) in [4.78, 5) is 4.25. The van der Waals surface area contributed by atoms with E-state index in [2.05, 4.69) is 41.6 Å². The Bertz CT molecular complexity index is 645. The third-order valence-electron chi connectivity index (χ3n) is 3.50. The van der Waals surface area contributed by atoms with Crippen LogP contribution in [0.15, 0.2) is 42.6 Å². The van der Waals surface area contributed by atoms with Crippen LogP contribution in [0.3, 0.4) is 0 Å². The number of methoxy groups -OCH3 is 1. The first-order valence-electron chi connectivity index (χ1n) is 7.27. The van der Waals surface area contributed by atoms with E-state index in [-0.39, 0.29) is 6.04 Å². The summed E-state index contributed by atoms with van der Waals surface area (Å²) in [6.45, 7) is 4.24. The topological polar surface area (TPSA) is 46.2 Å². The summed E-state index contributed by atoms with van der Waals surface area (Å²) >= 11 is 5.41. The number of thiocarbonyl (C=S) groups is 1. The van der Waals surface area contributed by atoms with E-state index in [0.29, 0.717) is 16.7 Å². The summed E-state index contributed by atoms with van der Waals surface area (Å²) in [5.74, 6) is 1.28. The van der Waals surface area contributed by atoms with Gasteiger partial charge in [-0.2, -0.15) is 0 Å². The Kier molecular flexibility index (Phi) is 5.72. The van der Waals surface area contributed by atoms with Crippen molar-refractivity contribution in [2.24, 2.45) is 0 Å². The summed E-state index contributed by atoms with van der Waals surface area (Å²) in [7, 11) is 1.61. The SMILES string of the molecule is CCC(NC(=S)Nc1ncccc1OC)c1ccccc1C. The van der Waals surface area contributed by atoms with E-state index in [1.54, 1.807) is 13.3 Å². The molecule has 1 aromatic carbocycles. The molecule has 2 N–H and O–H groups in total. The van der Waals surface area contributed by atoms with E-state index in [4.69, 9.17) is 17.0 Å². The second kappa shape index (κ2) is 7.75. The van der Waals surface area contributed by atoms with E-state index >= 15 is 0 Å². The van der Waals surface area contributed by atoms with Crippen molar-refractivity contribution in [2.45, 2.75) is 26.3 Å². The quantitative estimate of drug-likeness (QED) is 0.821. The predicted molar refractivity (Wildman–Crippen MR) is 94.4 cm³/mol. The molecule has 5 heteroatoms. The molecule has 116 valence electrons. The molecule has 0 aliphatic rings. The van der Waals surface area contributed by atoms with Gasteiger partial charge >= 0.3 is 0 Å². The monoisotopic (exact) mass is 315 g/mol. The number of benzene rings is 1. The fraction of sp³-hybridized carbons (Fsp3) is 0.294. The number of nitrogens with zero attached hydrogens (tertiary/aromatic N) is 1. The minimum atomic E-state index is 0.163. The average molecular weight is 315 g/mol. The number of aryl methyl sites for hydroxylation is 1. The van der Waals surface area contributed by atoms with Crippen LogP contribution < -0.4 is 15.4 Å². The molecule has 0 aliphatic carbocycles. The molecule has 1 heterocycles. The van der Waals surface area contributed by atoms with Gasteiger partial charge in [-0.1, -0.05) is 31.2 Å². The molecular formula is C17H21N3OS. The molecular weight excluding hydrogens is 294 g/mol. The van der Waals surface area contributed by atoms with Crippen LogP contribution in [0, 0.1) is 6.92 Å². The largest absolute Gasteiger partial charge is 0.493 e. The highest BCUT2D eigenvalue weighted by molar-refractivity contribution is 7.80. The smallest absolute Gasteiger partial charge is 0.174 e.